The summed E-state index contributed by atoms with van der Waals surface area (Å²) < 4.78 is 1.91. The first-order valence-electron chi connectivity index (χ1n) is 7.08. The van der Waals surface area contributed by atoms with Crippen LogP contribution in [0.2, 0.25) is 15.1 Å². The van der Waals surface area contributed by atoms with E-state index in [0.717, 1.165) is 35.1 Å². The van der Waals surface area contributed by atoms with Gasteiger partial charge in [0.25, 0.3) is 0 Å². The Bertz CT molecular complexity index is 715. The van der Waals surface area contributed by atoms with E-state index >= 15 is 0 Å². The first-order chi connectivity index (χ1) is 10.9. The van der Waals surface area contributed by atoms with Gasteiger partial charge in [-0.1, -0.05) is 34.8 Å². The average Bonchev–Trinajstić information content (AvgIpc) is 2.74. The van der Waals surface area contributed by atoms with Crippen LogP contribution in [-0.2, 0) is 6.54 Å². The lowest BCUT2D eigenvalue weighted by Gasteiger charge is -2.12. The van der Waals surface area contributed by atoms with Crippen molar-refractivity contribution < 1.29 is 0 Å². The summed E-state index contributed by atoms with van der Waals surface area (Å²) in [5, 5.41) is 12.9. The van der Waals surface area contributed by atoms with Crippen LogP contribution in [0.5, 0.6) is 0 Å². The Morgan fingerprint density at radius 3 is 2.61 bits per heavy atom. The molecule has 1 aromatic heterocycles. The van der Waals surface area contributed by atoms with Crippen LogP contribution < -0.4 is 10.6 Å². The first-order valence-corrected chi connectivity index (χ1v) is 8.62. The molecule has 0 amide bonds. The number of thiocarbonyl (C=S) groups is 1. The van der Waals surface area contributed by atoms with Gasteiger partial charge in [-0.05, 0) is 50.7 Å². The number of halogens is 3. The van der Waals surface area contributed by atoms with E-state index in [4.69, 9.17) is 47.0 Å². The van der Waals surface area contributed by atoms with Gasteiger partial charge in [0.1, 0.15) is 0 Å². The van der Waals surface area contributed by atoms with Gasteiger partial charge in [-0.15, -0.1) is 0 Å². The number of hydrogen-bond acceptors (Lipinski definition) is 2. The number of nitrogens with one attached hydrogen (secondary N) is 2. The SMILES string of the molecule is Cc1nn(CCCNC(=S)Nc2ccc(Cl)cc2Cl)c(C)c1Cl. The van der Waals surface area contributed by atoms with Gasteiger partial charge in [-0.3, -0.25) is 4.68 Å². The lowest BCUT2D eigenvalue weighted by Crippen LogP contribution is -2.30. The molecule has 0 aliphatic heterocycles. The number of benzene rings is 1. The number of aryl methyl sites for hydroxylation is 2. The van der Waals surface area contributed by atoms with E-state index in [0.29, 0.717) is 21.7 Å². The highest BCUT2D eigenvalue weighted by molar-refractivity contribution is 7.80. The largest absolute Gasteiger partial charge is 0.362 e. The lowest BCUT2D eigenvalue weighted by molar-refractivity contribution is 0.558. The maximum atomic E-state index is 6.13. The molecule has 0 fully saturated rings. The molecule has 0 unspecified atom stereocenters. The molecule has 1 aromatic carbocycles. The molecule has 0 saturated carbocycles. The molecule has 2 rings (SSSR count). The van der Waals surface area contributed by atoms with E-state index in [2.05, 4.69) is 15.7 Å². The van der Waals surface area contributed by atoms with Crippen LogP contribution in [0.4, 0.5) is 5.69 Å². The zero-order valence-electron chi connectivity index (χ0n) is 12.8. The molecule has 124 valence electrons. The van der Waals surface area contributed by atoms with E-state index < -0.39 is 0 Å². The molecule has 0 atom stereocenters. The predicted octanol–water partition coefficient (Wildman–Crippen LogP) is 4.84. The summed E-state index contributed by atoms with van der Waals surface area (Å²) in [7, 11) is 0. The van der Waals surface area contributed by atoms with Crippen molar-refractivity contribution in [1.82, 2.24) is 15.1 Å². The molecule has 4 nitrogen and oxygen atoms in total. The Balaban J connectivity index is 1.77. The van der Waals surface area contributed by atoms with Crippen LogP contribution in [0.3, 0.4) is 0 Å². The molecular weight excluding hydrogens is 375 g/mol. The number of rotatable bonds is 5. The molecular formula is C15H17Cl3N4S. The van der Waals surface area contributed by atoms with Crippen LogP contribution in [-0.4, -0.2) is 21.4 Å². The second kappa shape index (κ2) is 8.20. The zero-order valence-corrected chi connectivity index (χ0v) is 15.9. The fraction of sp³-hybridized carbons (Fsp3) is 0.333. The summed E-state index contributed by atoms with van der Waals surface area (Å²) in [4.78, 5) is 0. The van der Waals surface area contributed by atoms with Gasteiger partial charge in [0, 0.05) is 18.1 Å². The van der Waals surface area contributed by atoms with Crippen molar-refractivity contribution in [3.63, 3.8) is 0 Å². The topological polar surface area (TPSA) is 41.9 Å². The minimum Gasteiger partial charge on any atom is -0.362 e. The molecule has 0 aliphatic rings. The average molecular weight is 392 g/mol. The van der Waals surface area contributed by atoms with Crippen molar-refractivity contribution in [3.8, 4) is 0 Å². The Hall–Kier alpha value is -1.01. The van der Waals surface area contributed by atoms with Gasteiger partial charge in [0.2, 0.25) is 0 Å². The Labute approximate surface area is 156 Å². The molecule has 8 heteroatoms. The summed E-state index contributed by atoms with van der Waals surface area (Å²) >= 11 is 23.3. The van der Waals surface area contributed by atoms with Gasteiger partial charge >= 0.3 is 0 Å². The Kier molecular flexibility index (Phi) is 6.53. The zero-order chi connectivity index (χ0) is 17.0. The normalized spacial score (nSPS) is 10.7. The summed E-state index contributed by atoms with van der Waals surface area (Å²) in [6.45, 7) is 5.35. The standard InChI is InChI=1S/C15H17Cl3N4S/c1-9-14(18)10(2)22(21-9)7-3-6-19-15(23)20-13-5-4-11(16)8-12(13)17/h4-5,8H,3,6-7H2,1-2H3,(H2,19,20,23). The van der Waals surface area contributed by atoms with Gasteiger partial charge in [-0.25, -0.2) is 0 Å². The maximum absolute atomic E-state index is 6.13. The molecule has 0 aliphatic carbocycles. The van der Waals surface area contributed by atoms with Crippen LogP contribution in [0.1, 0.15) is 17.8 Å². The minimum absolute atomic E-state index is 0.514. The third-order valence-electron chi connectivity index (χ3n) is 3.30. The fourth-order valence-electron chi connectivity index (χ4n) is 2.08. The van der Waals surface area contributed by atoms with Crippen LogP contribution in [0.15, 0.2) is 18.2 Å². The lowest BCUT2D eigenvalue weighted by atomic mass is 10.3. The molecule has 0 bridgehead atoms. The van der Waals surface area contributed by atoms with Gasteiger partial charge in [0.05, 0.1) is 27.1 Å². The van der Waals surface area contributed by atoms with E-state index in [-0.39, 0.29) is 0 Å². The van der Waals surface area contributed by atoms with E-state index in [1.165, 1.54) is 0 Å². The highest BCUT2D eigenvalue weighted by Crippen LogP contribution is 2.25. The Morgan fingerprint density at radius 1 is 1.26 bits per heavy atom. The van der Waals surface area contributed by atoms with Crippen LogP contribution in [0.25, 0.3) is 0 Å². The summed E-state index contributed by atoms with van der Waals surface area (Å²) in [6, 6.07) is 5.21. The highest BCUT2D eigenvalue weighted by atomic mass is 35.5. The molecule has 23 heavy (non-hydrogen) atoms. The van der Waals surface area contributed by atoms with Crippen molar-refractivity contribution in [2.24, 2.45) is 0 Å². The molecule has 1 heterocycles. The third kappa shape index (κ3) is 4.98. The van der Waals surface area contributed by atoms with Crippen molar-refractivity contribution in [2.75, 3.05) is 11.9 Å². The number of hydrogen-bond donors (Lipinski definition) is 2. The van der Waals surface area contributed by atoms with Crippen molar-refractivity contribution in [2.45, 2.75) is 26.8 Å². The Morgan fingerprint density at radius 2 is 2.00 bits per heavy atom. The quantitative estimate of drug-likeness (QED) is 0.565. The number of aromatic nitrogens is 2. The van der Waals surface area contributed by atoms with Crippen LogP contribution >= 0.6 is 47.0 Å². The predicted molar refractivity (Wildman–Crippen MR) is 102 cm³/mol. The molecule has 0 spiro atoms. The fourth-order valence-corrected chi connectivity index (χ4v) is 2.88. The second-order valence-electron chi connectivity index (χ2n) is 5.07. The van der Waals surface area contributed by atoms with Gasteiger partial charge < -0.3 is 10.6 Å². The smallest absolute Gasteiger partial charge is 0.170 e. The second-order valence-corrected chi connectivity index (χ2v) is 6.70. The van der Waals surface area contributed by atoms with Crippen molar-refractivity contribution in [1.29, 1.82) is 0 Å². The monoisotopic (exact) mass is 390 g/mol. The molecule has 0 saturated heterocycles. The number of nitrogens with zero attached hydrogens (tertiary/aromatic N) is 2. The van der Waals surface area contributed by atoms with Gasteiger partial charge in [0.15, 0.2) is 5.11 Å². The van der Waals surface area contributed by atoms with Crippen molar-refractivity contribution in [3.05, 3.63) is 44.7 Å². The minimum atomic E-state index is 0.514. The molecule has 2 aromatic rings. The summed E-state index contributed by atoms with van der Waals surface area (Å²) in [6.07, 6.45) is 0.870. The highest BCUT2D eigenvalue weighted by Gasteiger charge is 2.08. The van der Waals surface area contributed by atoms with E-state index in [1.54, 1.807) is 18.2 Å². The molecule has 2 N–H and O–H groups in total. The van der Waals surface area contributed by atoms with E-state index in [9.17, 15) is 0 Å². The van der Waals surface area contributed by atoms with E-state index in [1.807, 2.05) is 18.5 Å². The van der Waals surface area contributed by atoms with Crippen molar-refractivity contribution >= 4 is 57.8 Å². The molecule has 0 radical (unpaired) electrons. The van der Waals surface area contributed by atoms with Crippen LogP contribution in [0, 0.1) is 13.8 Å². The number of anilines is 1. The maximum Gasteiger partial charge on any atom is 0.170 e. The first kappa shape index (κ1) is 18.3. The summed E-state index contributed by atoms with van der Waals surface area (Å²) in [5.41, 5.74) is 2.56. The third-order valence-corrected chi connectivity index (χ3v) is 4.65. The summed E-state index contributed by atoms with van der Waals surface area (Å²) in [5.74, 6) is 0. The van der Waals surface area contributed by atoms with Gasteiger partial charge in [-0.2, -0.15) is 5.10 Å².